The van der Waals surface area contributed by atoms with Crippen LogP contribution in [-0.4, -0.2) is 28.3 Å². The second kappa shape index (κ2) is 10.2. The van der Waals surface area contributed by atoms with Gasteiger partial charge in [-0.25, -0.2) is 0 Å². The van der Waals surface area contributed by atoms with Gasteiger partial charge in [0.25, 0.3) is 0 Å². The first-order chi connectivity index (χ1) is 13.9. The summed E-state index contributed by atoms with van der Waals surface area (Å²) in [7, 11) is 0. The van der Waals surface area contributed by atoms with Crippen LogP contribution in [0, 0.1) is 0 Å². The van der Waals surface area contributed by atoms with E-state index in [1.807, 2.05) is 20.8 Å². The third-order valence-electron chi connectivity index (χ3n) is 4.41. The molecule has 8 heteroatoms. The van der Waals surface area contributed by atoms with Crippen molar-refractivity contribution in [2.24, 2.45) is 0 Å². The number of rotatable bonds is 6. The molecule has 4 nitrogen and oxygen atoms in total. The third kappa shape index (κ3) is 6.78. The van der Waals surface area contributed by atoms with E-state index in [1.165, 1.54) is 4.90 Å². The highest BCUT2D eigenvalue weighted by Crippen LogP contribution is 2.28. The molecule has 0 saturated heterocycles. The van der Waals surface area contributed by atoms with E-state index in [4.69, 9.17) is 46.4 Å². The van der Waals surface area contributed by atoms with Crippen molar-refractivity contribution in [1.82, 2.24) is 10.2 Å². The van der Waals surface area contributed by atoms with Crippen molar-refractivity contribution in [2.75, 3.05) is 0 Å². The van der Waals surface area contributed by atoms with Gasteiger partial charge in [0.2, 0.25) is 11.8 Å². The standard InChI is InChI=1S/C22H24Cl4N2O2/c1-13(21(30)27-22(2,3)4)28(12-16-17(24)6-5-7-18(16)25)20(29)10-14-8-9-15(23)11-19(14)26/h5-9,11,13H,10,12H2,1-4H3,(H,27,30). The molecule has 30 heavy (non-hydrogen) atoms. The third-order valence-corrected chi connectivity index (χ3v) is 5.71. The molecule has 0 radical (unpaired) electrons. The van der Waals surface area contributed by atoms with Gasteiger partial charge in [-0.2, -0.15) is 0 Å². The van der Waals surface area contributed by atoms with Gasteiger partial charge in [0.1, 0.15) is 6.04 Å². The molecule has 0 fully saturated rings. The molecule has 2 aromatic rings. The Morgan fingerprint density at radius 2 is 1.60 bits per heavy atom. The molecule has 1 N–H and O–H groups in total. The summed E-state index contributed by atoms with van der Waals surface area (Å²) in [5, 5.41) is 4.63. The SMILES string of the molecule is CC(C(=O)NC(C)(C)C)N(Cc1c(Cl)cccc1Cl)C(=O)Cc1ccc(Cl)cc1Cl. The van der Waals surface area contributed by atoms with Crippen molar-refractivity contribution >= 4 is 58.2 Å². The molecular weight excluding hydrogens is 466 g/mol. The zero-order chi connectivity index (χ0) is 22.6. The topological polar surface area (TPSA) is 49.4 Å². The molecule has 0 bridgehead atoms. The second-order valence-corrected chi connectivity index (χ2v) is 9.71. The van der Waals surface area contributed by atoms with E-state index in [1.54, 1.807) is 43.3 Å². The van der Waals surface area contributed by atoms with E-state index < -0.39 is 11.6 Å². The second-order valence-electron chi connectivity index (χ2n) is 8.05. The highest BCUT2D eigenvalue weighted by molar-refractivity contribution is 6.36. The van der Waals surface area contributed by atoms with Gasteiger partial charge in [-0.3, -0.25) is 9.59 Å². The number of hydrogen-bond acceptors (Lipinski definition) is 2. The highest BCUT2D eigenvalue weighted by Gasteiger charge is 2.29. The van der Waals surface area contributed by atoms with Crippen molar-refractivity contribution in [1.29, 1.82) is 0 Å². The van der Waals surface area contributed by atoms with Crippen LogP contribution in [-0.2, 0) is 22.6 Å². The molecule has 0 aliphatic rings. The van der Waals surface area contributed by atoms with Gasteiger partial charge >= 0.3 is 0 Å². The molecule has 2 rings (SSSR count). The fourth-order valence-electron chi connectivity index (χ4n) is 2.84. The lowest BCUT2D eigenvalue weighted by Gasteiger charge is -2.32. The molecule has 2 amide bonds. The Bertz CT molecular complexity index is 921. The minimum Gasteiger partial charge on any atom is -0.350 e. The minimum atomic E-state index is -0.754. The zero-order valence-electron chi connectivity index (χ0n) is 17.2. The van der Waals surface area contributed by atoms with Crippen LogP contribution < -0.4 is 5.32 Å². The first-order valence-corrected chi connectivity index (χ1v) is 10.9. The molecule has 0 aliphatic heterocycles. The van der Waals surface area contributed by atoms with E-state index in [-0.39, 0.29) is 24.8 Å². The van der Waals surface area contributed by atoms with Gasteiger partial charge in [-0.05, 0) is 57.5 Å². The number of halogens is 4. The normalized spacial score (nSPS) is 12.4. The molecule has 0 aromatic heterocycles. The van der Waals surface area contributed by atoms with Gasteiger partial charge in [0.15, 0.2) is 0 Å². The van der Waals surface area contributed by atoms with E-state index in [0.29, 0.717) is 31.2 Å². The maximum absolute atomic E-state index is 13.3. The van der Waals surface area contributed by atoms with Gasteiger partial charge in [0, 0.05) is 37.7 Å². The summed E-state index contributed by atoms with van der Waals surface area (Å²) in [5.74, 6) is -0.562. The molecule has 1 atom stereocenters. The number of carbonyl (C=O) groups is 2. The Labute approximate surface area is 197 Å². The van der Waals surface area contributed by atoms with Gasteiger partial charge < -0.3 is 10.2 Å². The minimum absolute atomic E-state index is 0.00517. The number of amides is 2. The molecular formula is C22H24Cl4N2O2. The van der Waals surface area contributed by atoms with Crippen LogP contribution in [0.25, 0.3) is 0 Å². The Hall–Kier alpha value is -1.46. The molecule has 0 saturated carbocycles. The van der Waals surface area contributed by atoms with E-state index in [9.17, 15) is 9.59 Å². The van der Waals surface area contributed by atoms with Crippen LogP contribution in [0.5, 0.6) is 0 Å². The summed E-state index contributed by atoms with van der Waals surface area (Å²) in [6, 6.07) is 9.31. The largest absolute Gasteiger partial charge is 0.350 e. The molecule has 0 heterocycles. The lowest BCUT2D eigenvalue weighted by Crippen LogP contribution is -2.52. The molecule has 1 unspecified atom stereocenters. The average molecular weight is 490 g/mol. The monoisotopic (exact) mass is 488 g/mol. The van der Waals surface area contributed by atoms with E-state index in [2.05, 4.69) is 5.32 Å². The summed E-state index contributed by atoms with van der Waals surface area (Å²) >= 11 is 24.8. The summed E-state index contributed by atoms with van der Waals surface area (Å²) in [6.45, 7) is 7.39. The summed E-state index contributed by atoms with van der Waals surface area (Å²) < 4.78 is 0. The van der Waals surface area contributed by atoms with Gasteiger partial charge in [-0.15, -0.1) is 0 Å². The number of nitrogens with one attached hydrogen (secondary N) is 1. The molecule has 0 aliphatic carbocycles. The first kappa shape index (κ1) is 24.8. The fourth-order valence-corrected chi connectivity index (χ4v) is 3.83. The summed E-state index contributed by atoms with van der Waals surface area (Å²) in [4.78, 5) is 27.5. The Morgan fingerprint density at radius 1 is 1.00 bits per heavy atom. The first-order valence-electron chi connectivity index (χ1n) is 9.37. The maximum atomic E-state index is 13.3. The molecule has 0 spiro atoms. The van der Waals surface area contributed by atoms with Crippen molar-refractivity contribution in [3.05, 3.63) is 67.6 Å². The van der Waals surface area contributed by atoms with Crippen LogP contribution in [0.15, 0.2) is 36.4 Å². The van der Waals surface area contributed by atoms with E-state index in [0.717, 1.165) is 0 Å². The number of benzene rings is 2. The maximum Gasteiger partial charge on any atom is 0.242 e. The zero-order valence-corrected chi connectivity index (χ0v) is 20.3. The number of hydrogen-bond donors (Lipinski definition) is 1. The smallest absolute Gasteiger partial charge is 0.242 e. The molecule has 2 aromatic carbocycles. The van der Waals surface area contributed by atoms with E-state index >= 15 is 0 Å². The fraction of sp³-hybridized carbons (Fsp3) is 0.364. The predicted octanol–water partition coefficient (Wildman–Crippen LogP) is 6.17. The summed E-state index contributed by atoms with van der Waals surface area (Å²) in [6.07, 6.45) is 0.00517. The van der Waals surface area contributed by atoms with Crippen molar-refractivity contribution in [3.63, 3.8) is 0 Å². The predicted molar refractivity (Wildman–Crippen MR) is 125 cm³/mol. The Morgan fingerprint density at radius 3 is 2.13 bits per heavy atom. The van der Waals surface area contributed by atoms with Crippen LogP contribution in [0.1, 0.15) is 38.8 Å². The summed E-state index contributed by atoms with van der Waals surface area (Å²) in [5.41, 5.74) is 0.748. The van der Waals surface area contributed by atoms with Crippen molar-refractivity contribution in [2.45, 2.75) is 52.2 Å². The average Bonchev–Trinajstić information content (AvgIpc) is 2.62. The van der Waals surface area contributed by atoms with Gasteiger partial charge in [-0.1, -0.05) is 58.5 Å². The molecule has 162 valence electrons. The number of carbonyl (C=O) groups excluding carboxylic acids is 2. The van der Waals surface area contributed by atoms with Crippen LogP contribution in [0.2, 0.25) is 20.1 Å². The van der Waals surface area contributed by atoms with Gasteiger partial charge in [0.05, 0.1) is 6.42 Å². The van der Waals surface area contributed by atoms with Crippen LogP contribution >= 0.6 is 46.4 Å². The Kier molecular flexibility index (Phi) is 8.46. The number of nitrogens with zero attached hydrogens (tertiary/aromatic N) is 1. The van der Waals surface area contributed by atoms with Crippen molar-refractivity contribution < 1.29 is 9.59 Å². The highest BCUT2D eigenvalue weighted by atomic mass is 35.5. The van der Waals surface area contributed by atoms with Crippen LogP contribution in [0.3, 0.4) is 0 Å². The lowest BCUT2D eigenvalue weighted by molar-refractivity contribution is -0.140. The van der Waals surface area contributed by atoms with Crippen LogP contribution in [0.4, 0.5) is 0 Å². The quantitative estimate of drug-likeness (QED) is 0.527. The lowest BCUT2D eigenvalue weighted by atomic mass is 10.1. The van der Waals surface area contributed by atoms with Crippen molar-refractivity contribution in [3.8, 4) is 0 Å². The Balaban J connectivity index is 2.36.